The highest BCUT2D eigenvalue weighted by atomic mass is 32.2. The van der Waals surface area contributed by atoms with Gasteiger partial charge in [-0.3, -0.25) is 24.1 Å². The highest BCUT2D eigenvalue weighted by Gasteiger charge is 2.54. The summed E-state index contributed by atoms with van der Waals surface area (Å²) in [7, 11) is 0. The number of aromatic nitrogens is 3. The Morgan fingerprint density at radius 2 is 1.98 bits per heavy atom. The van der Waals surface area contributed by atoms with Crippen molar-refractivity contribution in [1.29, 1.82) is 0 Å². The van der Waals surface area contributed by atoms with E-state index in [1.807, 2.05) is 12.1 Å². The van der Waals surface area contributed by atoms with Crippen molar-refractivity contribution in [3.63, 3.8) is 0 Å². The number of aromatic hydroxyl groups is 1. The number of carbonyl (C=O) groups is 4. The molecule has 1 saturated heterocycles. The van der Waals surface area contributed by atoms with Crippen LogP contribution >= 0.6 is 34.9 Å². The number of nitrogens with two attached hydrogens (primary N) is 1. The van der Waals surface area contributed by atoms with Gasteiger partial charge in [0.1, 0.15) is 29.4 Å². The van der Waals surface area contributed by atoms with Gasteiger partial charge in [-0.2, -0.15) is 4.73 Å². The average molecular weight is 677 g/mol. The van der Waals surface area contributed by atoms with Gasteiger partial charge in [-0.1, -0.05) is 0 Å². The Labute approximate surface area is 266 Å². The zero-order valence-electron chi connectivity index (χ0n) is 23.0. The number of carboxylic acid groups (broad SMARTS) is 1. The van der Waals surface area contributed by atoms with E-state index in [4.69, 9.17) is 10.8 Å². The molecule has 16 nitrogen and oxygen atoms in total. The largest absolute Gasteiger partial charge is 0.503 e. The van der Waals surface area contributed by atoms with Gasteiger partial charge in [0.05, 0.1) is 11.9 Å². The molecule has 8 N–H and O–H groups in total. The molecule has 236 valence electrons. The van der Waals surface area contributed by atoms with Crippen molar-refractivity contribution < 1.29 is 44.3 Å². The molecule has 5 rings (SSSR count). The number of aliphatic carboxylic acids is 1. The van der Waals surface area contributed by atoms with Crippen molar-refractivity contribution >= 4 is 63.7 Å². The second-order valence-corrected chi connectivity index (χ2v) is 12.8. The first kappa shape index (κ1) is 31.8. The fourth-order valence-corrected chi connectivity index (χ4v) is 7.56. The molecule has 45 heavy (non-hydrogen) atoms. The molecule has 3 aromatic rings. The number of nitrogens with zero attached hydrogens (tertiary/aromatic N) is 4. The molecule has 3 aromatic heterocycles. The molecule has 0 radical (unpaired) electrons. The molecule has 0 saturated carbocycles. The second kappa shape index (κ2) is 13.2. The summed E-state index contributed by atoms with van der Waals surface area (Å²) in [5, 5.41) is 44.2. The Kier molecular flexibility index (Phi) is 9.32. The predicted octanol–water partition coefficient (Wildman–Crippen LogP) is -0.888. The summed E-state index contributed by atoms with van der Waals surface area (Å²) in [4.78, 5) is 69.8. The van der Waals surface area contributed by atoms with Crippen molar-refractivity contribution in [2.45, 2.75) is 28.9 Å². The van der Waals surface area contributed by atoms with E-state index < -0.39 is 58.0 Å². The maximum Gasteiger partial charge on any atom is 0.352 e. The minimum atomic E-state index is -1.52. The number of nitrogen functional groups attached to an aromatic ring is 1. The van der Waals surface area contributed by atoms with Gasteiger partial charge in [-0.05, 0) is 5.57 Å². The van der Waals surface area contributed by atoms with Gasteiger partial charge in [0, 0.05) is 40.0 Å². The van der Waals surface area contributed by atoms with Gasteiger partial charge in [-0.25, -0.2) is 14.3 Å². The minimum Gasteiger partial charge on any atom is -0.503 e. The van der Waals surface area contributed by atoms with Crippen molar-refractivity contribution in [3.8, 4) is 5.75 Å². The number of carbonyl (C=O) groups excluding carboxylic acids is 3. The van der Waals surface area contributed by atoms with Crippen molar-refractivity contribution in [3.05, 3.63) is 75.1 Å². The Hall–Kier alpha value is -4.59. The van der Waals surface area contributed by atoms with Crippen LogP contribution in [0.1, 0.15) is 22.2 Å². The molecule has 0 aromatic carbocycles. The lowest BCUT2D eigenvalue weighted by Gasteiger charge is -2.49. The Morgan fingerprint density at radius 1 is 1.24 bits per heavy atom. The molecule has 0 bridgehead atoms. The van der Waals surface area contributed by atoms with Crippen LogP contribution in [0.3, 0.4) is 0 Å². The van der Waals surface area contributed by atoms with Crippen LogP contribution in [-0.4, -0.2) is 88.4 Å². The average Bonchev–Trinajstić information content (AvgIpc) is 3.44. The number of aliphatic hydroxyl groups is 1. The highest BCUT2D eigenvalue weighted by Crippen LogP contribution is 2.41. The van der Waals surface area contributed by atoms with E-state index in [1.165, 1.54) is 28.9 Å². The minimum absolute atomic E-state index is 0.00264. The molecule has 3 atom stereocenters. The first-order valence-electron chi connectivity index (χ1n) is 13.1. The number of rotatable bonds is 11. The molecule has 2 aliphatic heterocycles. The van der Waals surface area contributed by atoms with Crippen LogP contribution in [-0.2, 0) is 20.9 Å². The van der Waals surface area contributed by atoms with Gasteiger partial charge in [0.2, 0.25) is 11.3 Å². The number of nitrogens with one attached hydrogen (secondary N) is 2. The van der Waals surface area contributed by atoms with Crippen molar-refractivity contribution in [2.75, 3.05) is 23.8 Å². The van der Waals surface area contributed by atoms with E-state index in [0.29, 0.717) is 30.1 Å². The number of hydrogen-bond donors (Lipinski definition) is 7. The number of β-lactam (4-membered cyclic amide) rings is 1. The first-order chi connectivity index (χ1) is 21.5. The fraction of sp³-hybridized carbons (Fsp3) is 0.269. The molecular weight excluding hydrogens is 651 g/mol. The lowest BCUT2D eigenvalue weighted by molar-refractivity contribution is -0.698. The van der Waals surface area contributed by atoms with E-state index in [2.05, 4.69) is 15.6 Å². The molecule has 0 aliphatic carbocycles. The third-order valence-electron chi connectivity index (χ3n) is 6.80. The molecule has 5 heterocycles. The summed E-state index contributed by atoms with van der Waals surface area (Å²) >= 11 is 3.65. The maximum absolute atomic E-state index is 13.5. The molecule has 2 aliphatic rings. The predicted molar refractivity (Wildman–Crippen MR) is 160 cm³/mol. The Bertz CT molecular complexity index is 1760. The van der Waals surface area contributed by atoms with Gasteiger partial charge >= 0.3 is 5.97 Å². The normalized spacial score (nSPS) is 18.2. The van der Waals surface area contributed by atoms with E-state index in [-0.39, 0.29) is 33.6 Å². The Morgan fingerprint density at radius 3 is 2.62 bits per heavy atom. The number of fused-ring (bicyclic) bond motifs is 1. The summed E-state index contributed by atoms with van der Waals surface area (Å²) in [6, 6.07) is 1.71. The Balaban J connectivity index is 1.31. The van der Waals surface area contributed by atoms with Crippen LogP contribution in [0.4, 0.5) is 5.13 Å². The molecule has 1 fully saturated rings. The zero-order valence-corrected chi connectivity index (χ0v) is 25.5. The standard InChI is InChI=1S/C26H25N7O9S3/c27-26-28-14(11-45-26)18(29-21(37)15-7-16(35)17(36)8-32(15)42)22(38)30-19-23(39)33-20(25(40)41)12(10-44-24(19)33)9-43-13-1-3-31(4-2-13)5-6-34/h1-4,7-8,11,18-19,24,34,42H,5-6,9-10H2,(H5-,27,28,29,30,36,37,38,40,41)/p+1/t18-,19?,24+/m0/s1. The number of aliphatic hydroxyl groups excluding tert-OH is 1. The lowest BCUT2D eigenvalue weighted by atomic mass is 10.0. The number of pyridine rings is 2. The molecule has 0 spiro atoms. The van der Waals surface area contributed by atoms with Crippen LogP contribution in [0, 0.1) is 0 Å². The van der Waals surface area contributed by atoms with Crippen LogP contribution in [0.15, 0.2) is 63.1 Å². The SMILES string of the molecule is Nc1nc([C@H](NC(=O)c2cc(=O)c(O)cn2O)C(=O)NC2C(=O)N3C(C(=O)O)=C(CSc4cc[n+](CCO)cc4)CS[C@H]23)cs1. The summed E-state index contributed by atoms with van der Waals surface area (Å²) < 4.78 is 2.02. The third-order valence-corrected chi connectivity index (χ3v) is 9.93. The summed E-state index contributed by atoms with van der Waals surface area (Å²) in [5.74, 6) is -4.11. The van der Waals surface area contributed by atoms with Gasteiger partial charge in [-0.15, -0.1) is 34.9 Å². The third kappa shape index (κ3) is 6.60. The molecule has 3 amide bonds. The monoisotopic (exact) mass is 676 g/mol. The number of thiazole rings is 1. The van der Waals surface area contributed by atoms with Crippen molar-refractivity contribution in [2.24, 2.45) is 0 Å². The maximum atomic E-state index is 13.5. The van der Waals surface area contributed by atoms with E-state index >= 15 is 0 Å². The van der Waals surface area contributed by atoms with Gasteiger partial charge in [0.25, 0.3) is 11.8 Å². The summed E-state index contributed by atoms with van der Waals surface area (Å²) in [6.45, 7) is 0.442. The fourth-order valence-electron chi connectivity index (χ4n) is 4.60. The first-order valence-corrected chi connectivity index (χ1v) is 16.0. The summed E-state index contributed by atoms with van der Waals surface area (Å²) in [6.07, 6.45) is 4.21. The van der Waals surface area contributed by atoms with E-state index in [1.54, 1.807) is 17.0 Å². The number of hydrogen-bond acceptors (Lipinski definition) is 13. The number of anilines is 1. The quantitative estimate of drug-likeness (QED) is 0.0565. The topological polar surface area (TPSA) is 241 Å². The number of carboxylic acids is 1. The van der Waals surface area contributed by atoms with Crippen LogP contribution in [0.2, 0.25) is 0 Å². The van der Waals surface area contributed by atoms with Crippen LogP contribution in [0.25, 0.3) is 0 Å². The molecule has 19 heteroatoms. The van der Waals surface area contributed by atoms with Gasteiger partial charge < -0.3 is 36.9 Å². The van der Waals surface area contributed by atoms with Crippen LogP contribution < -0.4 is 26.4 Å². The van der Waals surface area contributed by atoms with Crippen molar-refractivity contribution in [1.82, 2.24) is 25.2 Å². The highest BCUT2D eigenvalue weighted by molar-refractivity contribution is 8.01. The number of thioether (sulfide) groups is 2. The number of amides is 3. The molecular formula is C26H26N7O9S3+. The lowest BCUT2D eigenvalue weighted by Crippen LogP contribution is -2.71. The van der Waals surface area contributed by atoms with Crippen LogP contribution in [0.5, 0.6) is 5.75 Å². The van der Waals surface area contributed by atoms with E-state index in [9.17, 15) is 39.4 Å². The van der Waals surface area contributed by atoms with E-state index in [0.717, 1.165) is 21.1 Å². The second-order valence-electron chi connectivity index (χ2n) is 9.71. The zero-order chi connectivity index (χ0) is 32.4. The summed E-state index contributed by atoms with van der Waals surface area (Å²) in [5.41, 5.74) is 4.57. The van der Waals surface area contributed by atoms with Gasteiger partial charge in [0.15, 0.2) is 35.9 Å². The molecule has 1 unspecified atom stereocenters. The smallest absolute Gasteiger partial charge is 0.352 e.